The lowest BCUT2D eigenvalue weighted by Crippen LogP contribution is -2.36. The van der Waals surface area contributed by atoms with E-state index in [4.69, 9.17) is 4.74 Å². The van der Waals surface area contributed by atoms with Gasteiger partial charge in [-0.3, -0.25) is 14.7 Å². The molecule has 1 saturated heterocycles. The molecule has 1 aromatic rings. The lowest BCUT2D eigenvalue weighted by atomic mass is 10.2. The van der Waals surface area contributed by atoms with E-state index in [-0.39, 0.29) is 12.0 Å². The van der Waals surface area contributed by atoms with Gasteiger partial charge in [0.25, 0.3) is 0 Å². The van der Waals surface area contributed by atoms with Crippen molar-refractivity contribution in [2.45, 2.75) is 25.4 Å². The topological polar surface area (TPSA) is 42.4 Å². The van der Waals surface area contributed by atoms with Crippen molar-refractivity contribution >= 4 is 5.97 Å². The Morgan fingerprint density at radius 3 is 3.25 bits per heavy atom. The number of likely N-dealkylation sites (tertiary alicyclic amines) is 1. The Morgan fingerprint density at radius 2 is 2.56 bits per heavy atom. The van der Waals surface area contributed by atoms with Gasteiger partial charge in [0.15, 0.2) is 0 Å². The fourth-order valence-corrected chi connectivity index (χ4v) is 2.14. The van der Waals surface area contributed by atoms with Crippen LogP contribution in [0.5, 0.6) is 0 Å². The van der Waals surface area contributed by atoms with Crippen LogP contribution in [-0.4, -0.2) is 35.5 Å². The van der Waals surface area contributed by atoms with Gasteiger partial charge in [0.2, 0.25) is 0 Å². The van der Waals surface area contributed by atoms with Crippen molar-refractivity contribution in [2.24, 2.45) is 0 Å². The Labute approximate surface area is 95.2 Å². The molecule has 2 heterocycles. The molecule has 0 aromatic carbocycles. The van der Waals surface area contributed by atoms with E-state index in [2.05, 4.69) is 9.88 Å². The monoisotopic (exact) mass is 220 g/mol. The van der Waals surface area contributed by atoms with Crippen LogP contribution in [0.25, 0.3) is 0 Å². The molecule has 16 heavy (non-hydrogen) atoms. The number of rotatable bonds is 3. The van der Waals surface area contributed by atoms with Gasteiger partial charge in [-0.25, -0.2) is 0 Å². The second kappa shape index (κ2) is 5.07. The summed E-state index contributed by atoms with van der Waals surface area (Å²) in [7, 11) is 1.45. The summed E-state index contributed by atoms with van der Waals surface area (Å²) < 4.78 is 4.81. The van der Waals surface area contributed by atoms with Crippen LogP contribution in [0.15, 0.2) is 24.5 Å². The van der Waals surface area contributed by atoms with Crippen LogP contribution in [0.1, 0.15) is 18.4 Å². The first-order valence-electron chi connectivity index (χ1n) is 5.52. The van der Waals surface area contributed by atoms with Crippen molar-refractivity contribution in [1.29, 1.82) is 0 Å². The molecule has 2 rings (SSSR count). The minimum absolute atomic E-state index is 0.0785. The number of methoxy groups -OCH3 is 1. The van der Waals surface area contributed by atoms with E-state index in [0.717, 1.165) is 31.5 Å². The summed E-state index contributed by atoms with van der Waals surface area (Å²) in [6.45, 7) is 1.72. The molecule has 1 atom stereocenters. The lowest BCUT2D eigenvalue weighted by molar-refractivity contribution is -0.146. The van der Waals surface area contributed by atoms with E-state index >= 15 is 0 Å². The Balaban J connectivity index is 2.01. The number of hydrogen-bond donors (Lipinski definition) is 0. The Morgan fingerprint density at radius 1 is 1.69 bits per heavy atom. The predicted octanol–water partition coefficient (Wildman–Crippen LogP) is 1.22. The third-order valence-corrected chi connectivity index (χ3v) is 2.95. The number of nitrogens with zero attached hydrogens (tertiary/aromatic N) is 2. The van der Waals surface area contributed by atoms with E-state index < -0.39 is 0 Å². The van der Waals surface area contributed by atoms with E-state index in [0.29, 0.717) is 0 Å². The molecular weight excluding hydrogens is 204 g/mol. The minimum atomic E-state index is -0.124. The summed E-state index contributed by atoms with van der Waals surface area (Å²) in [5.74, 6) is -0.124. The Hall–Kier alpha value is -1.42. The highest BCUT2D eigenvalue weighted by Gasteiger charge is 2.31. The standard InChI is InChI=1S/C12H16N2O2/c1-16-12(15)11-5-3-7-14(11)9-10-4-2-6-13-8-10/h2,4,6,8,11H,3,5,7,9H2,1H3/t11-/m0/s1. The Kier molecular flexibility index (Phi) is 3.51. The summed E-state index contributed by atoms with van der Waals surface area (Å²) in [6, 6.07) is 3.86. The number of hydrogen-bond acceptors (Lipinski definition) is 4. The highest BCUT2D eigenvalue weighted by Crippen LogP contribution is 2.20. The second-order valence-corrected chi connectivity index (χ2v) is 4.01. The molecule has 4 heteroatoms. The van der Waals surface area contributed by atoms with E-state index in [1.54, 1.807) is 6.20 Å². The summed E-state index contributed by atoms with van der Waals surface area (Å²) >= 11 is 0. The van der Waals surface area contributed by atoms with Crippen molar-refractivity contribution in [3.8, 4) is 0 Å². The number of carbonyl (C=O) groups excluding carboxylic acids is 1. The third-order valence-electron chi connectivity index (χ3n) is 2.95. The molecule has 0 N–H and O–H groups in total. The molecule has 0 radical (unpaired) electrons. The fourth-order valence-electron chi connectivity index (χ4n) is 2.14. The average Bonchev–Trinajstić information content (AvgIpc) is 2.77. The molecule has 4 nitrogen and oxygen atoms in total. The van der Waals surface area contributed by atoms with Crippen LogP contribution in [-0.2, 0) is 16.1 Å². The summed E-state index contributed by atoms with van der Waals surface area (Å²) in [5, 5.41) is 0. The molecule has 86 valence electrons. The maximum Gasteiger partial charge on any atom is 0.323 e. The van der Waals surface area contributed by atoms with Crippen LogP contribution in [0, 0.1) is 0 Å². The molecule has 0 spiro atoms. The van der Waals surface area contributed by atoms with Crippen molar-refractivity contribution in [2.75, 3.05) is 13.7 Å². The maximum atomic E-state index is 11.5. The van der Waals surface area contributed by atoms with Crippen LogP contribution in [0.2, 0.25) is 0 Å². The van der Waals surface area contributed by atoms with Gasteiger partial charge in [-0.05, 0) is 31.0 Å². The minimum Gasteiger partial charge on any atom is -0.468 e. The summed E-state index contributed by atoms with van der Waals surface area (Å²) in [5.41, 5.74) is 1.14. The lowest BCUT2D eigenvalue weighted by Gasteiger charge is -2.21. The van der Waals surface area contributed by atoms with Gasteiger partial charge in [0.1, 0.15) is 6.04 Å². The molecule has 0 unspecified atom stereocenters. The molecule has 0 saturated carbocycles. The molecule has 1 aromatic heterocycles. The largest absolute Gasteiger partial charge is 0.468 e. The van der Waals surface area contributed by atoms with Crippen LogP contribution >= 0.6 is 0 Å². The average molecular weight is 220 g/mol. The highest BCUT2D eigenvalue weighted by atomic mass is 16.5. The fraction of sp³-hybridized carbons (Fsp3) is 0.500. The molecular formula is C12H16N2O2. The van der Waals surface area contributed by atoms with Crippen molar-refractivity contribution < 1.29 is 9.53 Å². The first kappa shape index (κ1) is 11.1. The third kappa shape index (κ3) is 2.39. The summed E-state index contributed by atoms with van der Waals surface area (Å²) in [6.07, 6.45) is 5.55. The normalized spacial score (nSPS) is 20.9. The first-order valence-corrected chi connectivity index (χ1v) is 5.52. The van der Waals surface area contributed by atoms with Crippen LogP contribution in [0.4, 0.5) is 0 Å². The molecule has 1 aliphatic heterocycles. The molecule has 0 bridgehead atoms. The Bertz CT molecular complexity index is 353. The zero-order valence-corrected chi connectivity index (χ0v) is 9.43. The van der Waals surface area contributed by atoms with Crippen molar-refractivity contribution in [3.63, 3.8) is 0 Å². The van der Waals surface area contributed by atoms with Crippen LogP contribution < -0.4 is 0 Å². The zero-order chi connectivity index (χ0) is 11.4. The van der Waals surface area contributed by atoms with Gasteiger partial charge in [-0.1, -0.05) is 6.07 Å². The van der Waals surface area contributed by atoms with E-state index in [9.17, 15) is 4.79 Å². The quantitative estimate of drug-likeness (QED) is 0.718. The van der Waals surface area contributed by atoms with Crippen molar-refractivity contribution in [3.05, 3.63) is 30.1 Å². The maximum absolute atomic E-state index is 11.5. The first-order chi connectivity index (χ1) is 7.81. The number of esters is 1. The van der Waals surface area contributed by atoms with Gasteiger partial charge in [0.05, 0.1) is 7.11 Å². The van der Waals surface area contributed by atoms with E-state index in [1.165, 1.54) is 7.11 Å². The molecule has 0 aliphatic carbocycles. The van der Waals surface area contributed by atoms with Crippen LogP contribution in [0.3, 0.4) is 0 Å². The van der Waals surface area contributed by atoms with Gasteiger partial charge >= 0.3 is 5.97 Å². The SMILES string of the molecule is COC(=O)[C@@H]1CCCN1Cc1cccnc1. The molecule has 1 fully saturated rings. The zero-order valence-electron chi connectivity index (χ0n) is 9.43. The molecule has 0 amide bonds. The number of aromatic nitrogens is 1. The summed E-state index contributed by atoms with van der Waals surface area (Å²) in [4.78, 5) is 17.8. The number of carbonyl (C=O) groups is 1. The second-order valence-electron chi connectivity index (χ2n) is 4.01. The number of ether oxygens (including phenoxy) is 1. The predicted molar refractivity (Wildman–Crippen MR) is 59.7 cm³/mol. The number of pyridine rings is 1. The van der Waals surface area contributed by atoms with Gasteiger partial charge < -0.3 is 4.74 Å². The van der Waals surface area contributed by atoms with Gasteiger partial charge in [-0.2, -0.15) is 0 Å². The van der Waals surface area contributed by atoms with Gasteiger partial charge in [-0.15, -0.1) is 0 Å². The highest BCUT2D eigenvalue weighted by molar-refractivity contribution is 5.75. The van der Waals surface area contributed by atoms with Crippen molar-refractivity contribution in [1.82, 2.24) is 9.88 Å². The molecule has 1 aliphatic rings. The smallest absolute Gasteiger partial charge is 0.323 e. The van der Waals surface area contributed by atoms with Gasteiger partial charge in [0, 0.05) is 18.9 Å². The van der Waals surface area contributed by atoms with E-state index in [1.807, 2.05) is 18.3 Å².